The molecular weight excluding hydrogens is 310 g/mol. The van der Waals surface area contributed by atoms with Crippen LogP contribution >= 0.6 is 11.6 Å². The Balaban J connectivity index is 2.19. The van der Waals surface area contributed by atoms with Crippen LogP contribution in [0.3, 0.4) is 0 Å². The number of nitrogens with zero attached hydrogens (tertiary/aromatic N) is 2. The molecule has 0 bridgehead atoms. The second kappa shape index (κ2) is 6.41. The van der Waals surface area contributed by atoms with E-state index in [-0.39, 0.29) is 15.9 Å². The summed E-state index contributed by atoms with van der Waals surface area (Å²) < 4.78 is 26.8. The molecule has 0 aliphatic heterocycles. The molecule has 1 aromatic heterocycles. The number of benzene rings is 1. The maximum atomic E-state index is 12.2. The van der Waals surface area contributed by atoms with Gasteiger partial charge >= 0.3 is 0 Å². The van der Waals surface area contributed by atoms with Crippen molar-refractivity contribution in [2.45, 2.75) is 25.2 Å². The third-order valence-corrected chi connectivity index (χ3v) is 4.27. The number of hydrogen-bond donors (Lipinski definition) is 1. The molecule has 0 fully saturated rings. The fourth-order valence-corrected chi connectivity index (χ4v) is 3.00. The predicted molar refractivity (Wildman–Crippen MR) is 82.8 cm³/mol. The van der Waals surface area contributed by atoms with Gasteiger partial charge in [-0.15, -0.1) is 0 Å². The molecule has 0 atom stereocenters. The minimum Gasteiger partial charge on any atom is -0.262 e. The van der Waals surface area contributed by atoms with E-state index in [1.54, 1.807) is 12.1 Å². The molecule has 7 heteroatoms. The van der Waals surface area contributed by atoms with E-state index in [4.69, 9.17) is 11.6 Å². The standard InChI is InChI=1S/C14H16ClN3O2S/c1-10(2)7-11-3-5-12(6-4-11)21(19,20)18-14-9-16-8-13(15)17-14/h3-6,8-10H,7H2,1-2H3,(H,17,18). The molecular formula is C14H16ClN3O2S. The monoisotopic (exact) mass is 325 g/mol. The Bertz CT molecular complexity index is 715. The molecule has 0 aliphatic rings. The summed E-state index contributed by atoms with van der Waals surface area (Å²) >= 11 is 5.68. The summed E-state index contributed by atoms with van der Waals surface area (Å²) in [6, 6.07) is 6.80. The molecule has 21 heavy (non-hydrogen) atoms. The van der Waals surface area contributed by atoms with Crippen molar-refractivity contribution in [3.05, 3.63) is 47.4 Å². The summed E-state index contributed by atoms with van der Waals surface area (Å²) in [7, 11) is -3.69. The molecule has 0 spiro atoms. The first-order valence-electron chi connectivity index (χ1n) is 6.46. The molecule has 1 heterocycles. The molecule has 1 aromatic carbocycles. The quantitative estimate of drug-likeness (QED) is 0.916. The van der Waals surface area contributed by atoms with Gasteiger partial charge in [0.2, 0.25) is 0 Å². The highest BCUT2D eigenvalue weighted by Gasteiger charge is 2.15. The van der Waals surface area contributed by atoms with E-state index in [1.165, 1.54) is 12.4 Å². The molecule has 0 radical (unpaired) electrons. The van der Waals surface area contributed by atoms with E-state index in [0.29, 0.717) is 5.92 Å². The van der Waals surface area contributed by atoms with Crippen molar-refractivity contribution in [2.24, 2.45) is 5.92 Å². The third-order valence-electron chi connectivity index (χ3n) is 2.72. The van der Waals surface area contributed by atoms with Gasteiger partial charge < -0.3 is 0 Å². The summed E-state index contributed by atoms with van der Waals surface area (Å²) in [5, 5.41) is 0.127. The predicted octanol–water partition coefficient (Wildman–Crippen LogP) is 3.13. The molecule has 2 rings (SSSR count). The van der Waals surface area contributed by atoms with Gasteiger partial charge in [-0.25, -0.2) is 13.4 Å². The molecule has 0 amide bonds. The van der Waals surface area contributed by atoms with Crippen LogP contribution in [-0.2, 0) is 16.4 Å². The van der Waals surface area contributed by atoms with Crippen LogP contribution in [0, 0.1) is 5.92 Å². The Kier molecular flexibility index (Phi) is 4.80. The second-order valence-electron chi connectivity index (χ2n) is 5.07. The molecule has 0 unspecified atom stereocenters. The van der Waals surface area contributed by atoms with Crippen LogP contribution in [0.5, 0.6) is 0 Å². The maximum absolute atomic E-state index is 12.2. The SMILES string of the molecule is CC(C)Cc1ccc(S(=O)(=O)Nc2cncc(Cl)n2)cc1. The fraction of sp³-hybridized carbons (Fsp3) is 0.286. The summed E-state index contributed by atoms with van der Waals surface area (Å²) in [6.45, 7) is 4.23. The minimum atomic E-state index is -3.69. The van der Waals surface area contributed by atoms with E-state index < -0.39 is 10.0 Å². The van der Waals surface area contributed by atoms with Crippen molar-refractivity contribution >= 4 is 27.4 Å². The van der Waals surface area contributed by atoms with Crippen LogP contribution < -0.4 is 4.72 Å². The van der Waals surface area contributed by atoms with E-state index in [1.807, 2.05) is 12.1 Å². The lowest BCUT2D eigenvalue weighted by molar-refractivity contribution is 0.601. The van der Waals surface area contributed by atoms with Gasteiger partial charge in [-0.2, -0.15) is 0 Å². The fourth-order valence-electron chi connectivity index (χ4n) is 1.86. The lowest BCUT2D eigenvalue weighted by Gasteiger charge is -2.09. The summed E-state index contributed by atoms with van der Waals surface area (Å²) in [5.74, 6) is 0.612. The first-order valence-corrected chi connectivity index (χ1v) is 8.32. The van der Waals surface area contributed by atoms with Crippen LogP contribution in [0.25, 0.3) is 0 Å². The van der Waals surface area contributed by atoms with Crippen molar-refractivity contribution in [3.63, 3.8) is 0 Å². The maximum Gasteiger partial charge on any atom is 0.263 e. The molecule has 5 nitrogen and oxygen atoms in total. The molecule has 0 saturated heterocycles. The first-order chi connectivity index (χ1) is 9.87. The van der Waals surface area contributed by atoms with Crippen LogP contribution in [0.4, 0.5) is 5.82 Å². The van der Waals surface area contributed by atoms with E-state index in [2.05, 4.69) is 28.5 Å². The average Bonchev–Trinajstić information content (AvgIpc) is 2.38. The Morgan fingerprint density at radius 2 is 1.86 bits per heavy atom. The molecule has 0 aliphatic carbocycles. The average molecular weight is 326 g/mol. The third kappa shape index (κ3) is 4.41. The summed E-state index contributed by atoms with van der Waals surface area (Å²) in [5.41, 5.74) is 1.10. The lowest BCUT2D eigenvalue weighted by atomic mass is 10.0. The van der Waals surface area contributed by atoms with Gasteiger partial charge in [-0.05, 0) is 30.0 Å². The van der Waals surface area contributed by atoms with E-state index in [9.17, 15) is 8.42 Å². The van der Waals surface area contributed by atoms with Gasteiger partial charge in [0.1, 0.15) is 5.15 Å². The number of halogens is 1. The van der Waals surface area contributed by atoms with E-state index in [0.717, 1.165) is 12.0 Å². The van der Waals surface area contributed by atoms with Crippen molar-refractivity contribution in [2.75, 3.05) is 4.72 Å². The largest absolute Gasteiger partial charge is 0.263 e. The number of sulfonamides is 1. The smallest absolute Gasteiger partial charge is 0.262 e. The van der Waals surface area contributed by atoms with Gasteiger partial charge in [0.25, 0.3) is 10.0 Å². The zero-order valence-electron chi connectivity index (χ0n) is 11.7. The zero-order chi connectivity index (χ0) is 15.5. The van der Waals surface area contributed by atoms with E-state index >= 15 is 0 Å². The van der Waals surface area contributed by atoms with Crippen LogP contribution in [0.15, 0.2) is 41.6 Å². The first kappa shape index (κ1) is 15.7. The van der Waals surface area contributed by atoms with Gasteiger partial charge in [-0.3, -0.25) is 9.71 Å². The summed E-state index contributed by atoms with van der Waals surface area (Å²) in [4.78, 5) is 7.82. The Morgan fingerprint density at radius 3 is 2.43 bits per heavy atom. The topological polar surface area (TPSA) is 72.0 Å². The Hall–Kier alpha value is -1.66. The molecule has 0 saturated carbocycles. The number of nitrogens with one attached hydrogen (secondary N) is 1. The van der Waals surface area contributed by atoms with Crippen molar-refractivity contribution < 1.29 is 8.42 Å². The number of anilines is 1. The van der Waals surface area contributed by atoms with Crippen LogP contribution in [-0.4, -0.2) is 18.4 Å². The zero-order valence-corrected chi connectivity index (χ0v) is 13.3. The van der Waals surface area contributed by atoms with Crippen molar-refractivity contribution in [1.29, 1.82) is 0 Å². The molecule has 1 N–H and O–H groups in total. The Morgan fingerprint density at radius 1 is 1.19 bits per heavy atom. The van der Waals surface area contributed by atoms with Crippen LogP contribution in [0.1, 0.15) is 19.4 Å². The number of hydrogen-bond acceptors (Lipinski definition) is 4. The second-order valence-corrected chi connectivity index (χ2v) is 7.14. The Labute approximate surface area is 129 Å². The van der Waals surface area contributed by atoms with Gasteiger partial charge in [-0.1, -0.05) is 37.6 Å². The van der Waals surface area contributed by atoms with Crippen molar-refractivity contribution in [3.8, 4) is 0 Å². The summed E-state index contributed by atoms with van der Waals surface area (Å²) in [6.07, 6.45) is 3.55. The van der Waals surface area contributed by atoms with Crippen molar-refractivity contribution in [1.82, 2.24) is 9.97 Å². The normalized spacial score (nSPS) is 11.6. The van der Waals surface area contributed by atoms with Gasteiger partial charge in [0.15, 0.2) is 5.82 Å². The van der Waals surface area contributed by atoms with Gasteiger partial charge in [0.05, 0.1) is 17.3 Å². The number of aromatic nitrogens is 2. The van der Waals surface area contributed by atoms with Crippen LogP contribution in [0.2, 0.25) is 5.15 Å². The highest BCUT2D eigenvalue weighted by atomic mass is 35.5. The highest BCUT2D eigenvalue weighted by Crippen LogP contribution is 2.17. The highest BCUT2D eigenvalue weighted by molar-refractivity contribution is 7.92. The molecule has 2 aromatic rings. The van der Waals surface area contributed by atoms with Gasteiger partial charge in [0, 0.05) is 0 Å². The minimum absolute atomic E-state index is 0.0914. The lowest BCUT2D eigenvalue weighted by Crippen LogP contribution is -2.14. The number of rotatable bonds is 5. The molecule has 112 valence electrons.